The molecular weight excluding hydrogens is 370 g/mol. The average molecular weight is 396 g/mol. The summed E-state index contributed by atoms with van der Waals surface area (Å²) in [6, 6.07) is 18.4. The van der Waals surface area contributed by atoms with E-state index in [4.69, 9.17) is 4.98 Å². The van der Waals surface area contributed by atoms with Gasteiger partial charge in [0.05, 0.1) is 11.2 Å². The second kappa shape index (κ2) is 8.15. The predicted octanol–water partition coefficient (Wildman–Crippen LogP) is 5.36. The first kappa shape index (κ1) is 18.6. The molecule has 0 saturated carbocycles. The van der Waals surface area contributed by atoms with Crippen molar-refractivity contribution >= 4 is 22.5 Å². The zero-order valence-corrected chi connectivity index (χ0v) is 17.0. The number of nitrogens with one attached hydrogen (secondary N) is 1. The van der Waals surface area contributed by atoms with Crippen LogP contribution in [-0.2, 0) is 24.2 Å². The Hall–Kier alpha value is -3.40. The number of nitrogens with zero attached hydrogens (tertiary/aromatic N) is 2. The lowest BCUT2D eigenvalue weighted by molar-refractivity contribution is -0.113. The minimum absolute atomic E-state index is 0.0264. The number of anilines is 1. The van der Waals surface area contributed by atoms with Crippen LogP contribution in [0.25, 0.3) is 10.9 Å². The lowest BCUT2D eigenvalue weighted by Gasteiger charge is -2.23. The van der Waals surface area contributed by atoms with Crippen molar-refractivity contribution in [1.29, 1.82) is 0 Å². The quantitative estimate of drug-likeness (QED) is 0.647. The molecule has 4 nitrogen and oxygen atoms in total. The molecule has 1 aliphatic heterocycles. The normalized spacial score (nSPS) is 15.6. The highest BCUT2D eigenvalue weighted by Gasteiger charge is 2.21. The molecule has 30 heavy (non-hydrogen) atoms. The van der Waals surface area contributed by atoms with Crippen molar-refractivity contribution in [3.8, 4) is 0 Å². The molecular formula is C26H25N3O. The van der Waals surface area contributed by atoms with Crippen molar-refractivity contribution < 1.29 is 4.79 Å². The van der Waals surface area contributed by atoms with E-state index in [9.17, 15) is 4.79 Å². The zero-order chi connectivity index (χ0) is 20.3. The van der Waals surface area contributed by atoms with E-state index in [1.165, 1.54) is 11.1 Å². The summed E-state index contributed by atoms with van der Waals surface area (Å²) in [5.74, 6) is -0.0264. The van der Waals surface area contributed by atoms with E-state index in [0.29, 0.717) is 6.42 Å². The van der Waals surface area contributed by atoms with E-state index in [-0.39, 0.29) is 5.91 Å². The molecule has 0 saturated heterocycles. The third-order valence-corrected chi connectivity index (χ3v) is 5.86. The number of amides is 1. The number of para-hydroxylation sites is 1. The SMILES string of the molecule is O=C(Nc1c2c(nc3ccccc13)CCCC2)C1=CN(Cc2ccccc2)C=CC1. The molecule has 3 aromatic rings. The molecule has 5 rings (SSSR count). The predicted molar refractivity (Wildman–Crippen MR) is 121 cm³/mol. The maximum Gasteiger partial charge on any atom is 0.253 e. The molecule has 150 valence electrons. The molecule has 2 heterocycles. The van der Waals surface area contributed by atoms with Crippen molar-refractivity contribution in [1.82, 2.24) is 9.88 Å². The van der Waals surface area contributed by atoms with E-state index in [1.807, 2.05) is 48.8 Å². The Labute approximate surface area is 176 Å². The monoisotopic (exact) mass is 395 g/mol. The maximum absolute atomic E-state index is 13.2. The lowest BCUT2D eigenvalue weighted by Crippen LogP contribution is -2.22. The summed E-state index contributed by atoms with van der Waals surface area (Å²) in [6.07, 6.45) is 11.0. The fourth-order valence-electron chi connectivity index (χ4n) is 4.36. The molecule has 0 spiro atoms. The minimum Gasteiger partial charge on any atom is -0.350 e. The molecule has 1 amide bonds. The molecule has 1 aromatic heterocycles. The summed E-state index contributed by atoms with van der Waals surface area (Å²) in [5, 5.41) is 4.29. The van der Waals surface area contributed by atoms with Gasteiger partial charge in [-0.1, -0.05) is 54.6 Å². The van der Waals surface area contributed by atoms with Crippen LogP contribution in [0.1, 0.15) is 36.1 Å². The van der Waals surface area contributed by atoms with Crippen LogP contribution in [0, 0.1) is 0 Å². The van der Waals surface area contributed by atoms with E-state index in [2.05, 4.69) is 34.5 Å². The number of hydrogen-bond donors (Lipinski definition) is 1. The second-order valence-corrected chi connectivity index (χ2v) is 7.99. The van der Waals surface area contributed by atoms with Crippen molar-refractivity contribution in [3.05, 3.63) is 95.5 Å². The third kappa shape index (κ3) is 3.73. The van der Waals surface area contributed by atoms with Gasteiger partial charge in [-0.3, -0.25) is 9.78 Å². The highest BCUT2D eigenvalue weighted by molar-refractivity contribution is 6.09. The number of carbonyl (C=O) groups excluding carboxylic acids is 1. The number of allylic oxidation sites excluding steroid dienone is 1. The van der Waals surface area contributed by atoms with Crippen LogP contribution in [0.2, 0.25) is 0 Å². The van der Waals surface area contributed by atoms with Gasteiger partial charge in [0.2, 0.25) is 0 Å². The van der Waals surface area contributed by atoms with Crippen molar-refractivity contribution in [3.63, 3.8) is 0 Å². The van der Waals surface area contributed by atoms with Gasteiger partial charge in [-0.05, 0) is 49.3 Å². The summed E-state index contributed by atoms with van der Waals surface area (Å²) < 4.78 is 0. The first-order valence-electron chi connectivity index (χ1n) is 10.7. The number of carbonyl (C=O) groups is 1. The zero-order valence-electron chi connectivity index (χ0n) is 17.0. The molecule has 4 heteroatoms. The largest absolute Gasteiger partial charge is 0.350 e. The van der Waals surface area contributed by atoms with Crippen molar-refractivity contribution in [2.24, 2.45) is 0 Å². The van der Waals surface area contributed by atoms with Crippen LogP contribution in [0.4, 0.5) is 5.69 Å². The third-order valence-electron chi connectivity index (χ3n) is 5.86. The smallest absolute Gasteiger partial charge is 0.253 e. The first-order valence-corrected chi connectivity index (χ1v) is 10.7. The summed E-state index contributed by atoms with van der Waals surface area (Å²) in [6.45, 7) is 0.752. The van der Waals surface area contributed by atoms with Gasteiger partial charge in [0.15, 0.2) is 0 Å². The summed E-state index contributed by atoms with van der Waals surface area (Å²) in [7, 11) is 0. The Bertz CT molecular complexity index is 1150. The van der Waals surface area contributed by atoms with Gasteiger partial charge in [0.25, 0.3) is 5.91 Å². The van der Waals surface area contributed by atoms with Crippen LogP contribution in [-0.4, -0.2) is 15.8 Å². The fourth-order valence-corrected chi connectivity index (χ4v) is 4.36. The van der Waals surface area contributed by atoms with Gasteiger partial charge >= 0.3 is 0 Å². The molecule has 1 aliphatic carbocycles. The number of fused-ring (bicyclic) bond motifs is 2. The van der Waals surface area contributed by atoms with Gasteiger partial charge in [-0.2, -0.15) is 0 Å². The summed E-state index contributed by atoms with van der Waals surface area (Å²) in [5.41, 5.74) is 6.25. The Morgan fingerprint density at radius 1 is 1.00 bits per heavy atom. The number of pyridine rings is 1. The van der Waals surface area contributed by atoms with Crippen molar-refractivity contribution in [2.75, 3.05) is 5.32 Å². The van der Waals surface area contributed by atoms with E-state index < -0.39 is 0 Å². The van der Waals surface area contributed by atoms with Crippen LogP contribution >= 0.6 is 0 Å². The fraction of sp³-hybridized carbons (Fsp3) is 0.231. The Balaban J connectivity index is 1.43. The summed E-state index contributed by atoms with van der Waals surface area (Å²) in [4.78, 5) is 20.2. The van der Waals surface area contributed by atoms with Crippen LogP contribution < -0.4 is 5.32 Å². The Morgan fingerprint density at radius 2 is 1.80 bits per heavy atom. The molecule has 0 unspecified atom stereocenters. The number of aryl methyl sites for hydroxylation is 1. The maximum atomic E-state index is 13.2. The van der Waals surface area contributed by atoms with E-state index in [0.717, 1.165) is 60.1 Å². The number of benzene rings is 2. The second-order valence-electron chi connectivity index (χ2n) is 7.99. The summed E-state index contributed by atoms with van der Waals surface area (Å²) >= 11 is 0. The highest BCUT2D eigenvalue weighted by Crippen LogP contribution is 2.33. The van der Waals surface area contributed by atoms with Crippen LogP contribution in [0.3, 0.4) is 0 Å². The van der Waals surface area contributed by atoms with Gasteiger partial charge in [0, 0.05) is 35.6 Å². The van der Waals surface area contributed by atoms with E-state index in [1.54, 1.807) is 0 Å². The molecule has 2 aliphatic rings. The molecule has 2 aromatic carbocycles. The number of hydrogen-bond acceptors (Lipinski definition) is 3. The molecule has 0 radical (unpaired) electrons. The van der Waals surface area contributed by atoms with Crippen molar-refractivity contribution in [2.45, 2.75) is 38.6 Å². The van der Waals surface area contributed by atoms with Gasteiger partial charge in [0.1, 0.15) is 0 Å². The van der Waals surface area contributed by atoms with Crippen LogP contribution in [0.5, 0.6) is 0 Å². The Morgan fingerprint density at radius 3 is 2.70 bits per heavy atom. The van der Waals surface area contributed by atoms with Gasteiger partial charge < -0.3 is 10.2 Å². The molecule has 0 bridgehead atoms. The molecule has 0 fully saturated rings. The highest BCUT2D eigenvalue weighted by atomic mass is 16.1. The van der Waals surface area contributed by atoms with Gasteiger partial charge in [-0.15, -0.1) is 0 Å². The van der Waals surface area contributed by atoms with Crippen LogP contribution in [0.15, 0.2) is 78.6 Å². The molecule has 1 N–H and O–H groups in total. The first-order chi connectivity index (χ1) is 14.8. The lowest BCUT2D eigenvalue weighted by atomic mass is 9.92. The number of aromatic nitrogens is 1. The minimum atomic E-state index is -0.0264. The van der Waals surface area contributed by atoms with Gasteiger partial charge in [-0.25, -0.2) is 0 Å². The van der Waals surface area contributed by atoms with E-state index >= 15 is 0 Å². The number of rotatable bonds is 4. The Kier molecular flexibility index (Phi) is 5.06. The standard InChI is InChI=1S/C26H25N3O/c30-26(20-11-8-16-29(18-20)17-19-9-2-1-3-10-19)28-25-21-12-4-6-14-23(21)27-24-15-7-5-13-22(24)25/h1-4,6,8-10,12,14,16,18H,5,7,11,13,15,17H2,(H,27,28,30). The average Bonchev–Trinajstić information content (AvgIpc) is 2.80. The topological polar surface area (TPSA) is 45.2 Å². The molecule has 0 atom stereocenters.